The molecule has 2 fully saturated rings. The van der Waals surface area contributed by atoms with Crippen molar-refractivity contribution in [1.29, 1.82) is 0 Å². The van der Waals surface area contributed by atoms with E-state index in [1.54, 1.807) is 0 Å². The van der Waals surface area contributed by atoms with Crippen molar-refractivity contribution in [3.8, 4) is 17.2 Å². The Balaban J connectivity index is 0.000000625. The largest absolute Gasteiger partial charge is 0.507 e. The van der Waals surface area contributed by atoms with E-state index in [-0.39, 0.29) is 38.6 Å². The van der Waals surface area contributed by atoms with E-state index in [2.05, 4.69) is 83.1 Å². The summed E-state index contributed by atoms with van der Waals surface area (Å²) in [6.45, 7) is 29.2. The molecule has 50 heavy (non-hydrogen) atoms. The van der Waals surface area contributed by atoms with E-state index in [0.717, 1.165) is 59.8 Å². The minimum absolute atomic E-state index is 0. The molecule has 0 aromatic heterocycles. The van der Waals surface area contributed by atoms with Gasteiger partial charge >= 0.3 is 0 Å². The Kier molecular flexibility index (Phi) is 25.2. The molecule has 2 saturated heterocycles. The van der Waals surface area contributed by atoms with E-state index < -0.39 is 0 Å². The van der Waals surface area contributed by atoms with Gasteiger partial charge in [0.05, 0.1) is 0 Å². The second-order valence-corrected chi connectivity index (χ2v) is 14.9. The van der Waals surface area contributed by atoms with Gasteiger partial charge in [-0.15, -0.1) is 0 Å². The molecule has 3 aromatic rings. The molecule has 0 atom stereocenters. The Morgan fingerprint density at radius 1 is 0.360 bits per heavy atom. The fourth-order valence-electron chi connectivity index (χ4n) is 5.56. The number of aromatic hydroxyl groups is 3. The van der Waals surface area contributed by atoms with Gasteiger partial charge in [-0.1, -0.05) is 138 Å². The molecule has 285 valence electrons. The number of para-hydroxylation sites is 3. The second-order valence-electron chi connectivity index (χ2n) is 14.9. The van der Waals surface area contributed by atoms with Crippen LogP contribution >= 0.6 is 0 Å². The summed E-state index contributed by atoms with van der Waals surface area (Å²) in [6.07, 6.45) is 5.11. The van der Waals surface area contributed by atoms with Gasteiger partial charge in [0.1, 0.15) is 17.2 Å². The molecule has 0 aliphatic carbocycles. The SMILES string of the molecule is C1CCOC1.C1CCOC1.CC(C)c1cccc(C(C)C)c1O.CC(C)c1cccc(C(C)C)c1O.CC(C)c1cccc(C(C)C)c1O.[Tb]. The van der Waals surface area contributed by atoms with Crippen molar-refractivity contribution in [2.75, 3.05) is 26.4 Å². The van der Waals surface area contributed by atoms with Crippen LogP contribution in [0.4, 0.5) is 0 Å². The van der Waals surface area contributed by atoms with E-state index in [1.165, 1.54) is 25.7 Å². The number of phenolic OH excluding ortho intramolecular Hbond substituents is 3. The molecule has 5 nitrogen and oxygen atoms in total. The van der Waals surface area contributed by atoms with E-state index in [9.17, 15) is 15.3 Å². The van der Waals surface area contributed by atoms with Gasteiger partial charge in [0.25, 0.3) is 0 Å². The minimum Gasteiger partial charge on any atom is -0.507 e. The summed E-state index contributed by atoms with van der Waals surface area (Å²) < 4.78 is 9.89. The maximum absolute atomic E-state index is 9.93. The standard InChI is InChI=1S/3C12H18O.2C4H8O.Tb/c3*1-8(2)10-6-5-7-11(9(3)4)12(10)13;2*1-2-4-5-3-1;/h3*5-9,13H,1-4H3;2*1-4H2;. The smallest absolute Gasteiger partial charge is 0.122 e. The quantitative estimate of drug-likeness (QED) is 0.230. The molecule has 2 heterocycles. The summed E-state index contributed by atoms with van der Waals surface area (Å²) in [4.78, 5) is 0. The topological polar surface area (TPSA) is 79.2 Å². The Labute approximate surface area is 337 Å². The molecule has 6 heteroatoms. The Morgan fingerprint density at radius 3 is 0.620 bits per heavy atom. The summed E-state index contributed by atoms with van der Waals surface area (Å²) in [5.74, 6) is 3.76. The van der Waals surface area contributed by atoms with E-state index in [0.29, 0.717) is 52.8 Å². The number of benzene rings is 3. The monoisotopic (exact) mass is 837 g/mol. The first kappa shape index (κ1) is 48.3. The zero-order chi connectivity index (χ0) is 37.1. The van der Waals surface area contributed by atoms with Crippen molar-refractivity contribution in [2.24, 2.45) is 0 Å². The van der Waals surface area contributed by atoms with E-state index in [1.807, 2.05) is 54.6 Å². The predicted molar refractivity (Wildman–Crippen MR) is 209 cm³/mol. The van der Waals surface area contributed by atoms with Crippen LogP contribution < -0.4 is 0 Å². The first-order valence-corrected chi connectivity index (χ1v) is 18.7. The average Bonchev–Trinajstić information content (AvgIpc) is 3.82. The van der Waals surface area contributed by atoms with Gasteiger partial charge < -0.3 is 24.8 Å². The number of hydrogen-bond acceptors (Lipinski definition) is 5. The van der Waals surface area contributed by atoms with Crippen molar-refractivity contribution in [1.82, 2.24) is 0 Å². The third-order valence-electron chi connectivity index (χ3n) is 8.68. The first-order valence-electron chi connectivity index (χ1n) is 18.7. The Bertz CT molecular complexity index is 1070. The molecule has 2 aliphatic rings. The van der Waals surface area contributed by atoms with Crippen LogP contribution in [-0.4, -0.2) is 41.7 Å². The molecular formula is C44H70O5Tb. The fraction of sp³-hybridized carbons (Fsp3) is 0.591. The van der Waals surface area contributed by atoms with Gasteiger partial charge in [-0.3, -0.25) is 0 Å². The number of hydrogen-bond donors (Lipinski definition) is 3. The van der Waals surface area contributed by atoms with Crippen LogP contribution in [0.1, 0.15) is 178 Å². The fourth-order valence-corrected chi connectivity index (χ4v) is 5.56. The van der Waals surface area contributed by atoms with E-state index in [4.69, 9.17) is 9.47 Å². The van der Waals surface area contributed by atoms with Crippen LogP contribution in [0.3, 0.4) is 0 Å². The van der Waals surface area contributed by atoms with Gasteiger partial charge in [0.15, 0.2) is 0 Å². The molecule has 3 aromatic carbocycles. The third-order valence-corrected chi connectivity index (χ3v) is 8.68. The summed E-state index contributed by atoms with van der Waals surface area (Å²) in [5.41, 5.74) is 6.28. The van der Waals surface area contributed by atoms with Crippen LogP contribution in [0.15, 0.2) is 54.6 Å². The Hall–Kier alpha value is -1.73. The molecule has 2 aliphatic heterocycles. The molecular weight excluding hydrogens is 767 g/mol. The van der Waals surface area contributed by atoms with Crippen molar-refractivity contribution in [3.63, 3.8) is 0 Å². The van der Waals surface area contributed by atoms with Crippen LogP contribution in [0, 0.1) is 38.6 Å². The summed E-state index contributed by atoms with van der Waals surface area (Å²) in [5, 5.41) is 29.8. The molecule has 0 spiro atoms. The summed E-state index contributed by atoms with van der Waals surface area (Å²) >= 11 is 0. The van der Waals surface area contributed by atoms with Crippen molar-refractivity contribution >= 4 is 0 Å². The maximum atomic E-state index is 9.93. The normalized spacial score (nSPS) is 13.6. The van der Waals surface area contributed by atoms with Crippen molar-refractivity contribution in [3.05, 3.63) is 88.0 Å². The molecule has 1 radical (unpaired) electrons. The number of phenols is 3. The van der Waals surface area contributed by atoms with Crippen LogP contribution in [0.25, 0.3) is 0 Å². The van der Waals surface area contributed by atoms with Crippen LogP contribution in [0.2, 0.25) is 0 Å². The maximum Gasteiger partial charge on any atom is 0.122 e. The zero-order valence-electron chi connectivity index (χ0n) is 33.3. The van der Waals surface area contributed by atoms with Crippen LogP contribution in [0.5, 0.6) is 17.2 Å². The summed E-state index contributed by atoms with van der Waals surface area (Å²) in [7, 11) is 0. The summed E-state index contributed by atoms with van der Waals surface area (Å²) in [6, 6.07) is 18.0. The predicted octanol–water partition coefficient (Wildman–Crippen LogP) is 12.5. The molecule has 0 amide bonds. The van der Waals surface area contributed by atoms with Gasteiger partial charge in [0, 0.05) is 65.0 Å². The van der Waals surface area contributed by atoms with Gasteiger partial charge in [-0.25, -0.2) is 0 Å². The minimum atomic E-state index is 0. The van der Waals surface area contributed by atoms with Crippen molar-refractivity contribution in [2.45, 2.75) is 144 Å². The first-order chi connectivity index (χ1) is 23.1. The Morgan fingerprint density at radius 2 is 0.520 bits per heavy atom. The molecule has 5 rings (SSSR count). The number of ether oxygens (including phenoxy) is 2. The second kappa shape index (κ2) is 26.1. The average molecular weight is 838 g/mol. The number of rotatable bonds is 6. The molecule has 0 saturated carbocycles. The molecule has 0 unspecified atom stereocenters. The van der Waals surface area contributed by atoms with E-state index >= 15 is 0 Å². The zero-order valence-corrected chi connectivity index (χ0v) is 35.4. The third kappa shape index (κ3) is 17.2. The van der Waals surface area contributed by atoms with Gasteiger partial charge in [-0.2, -0.15) is 0 Å². The van der Waals surface area contributed by atoms with Gasteiger partial charge in [0.2, 0.25) is 0 Å². The van der Waals surface area contributed by atoms with Crippen LogP contribution in [-0.2, 0) is 9.47 Å². The molecule has 0 bridgehead atoms. The van der Waals surface area contributed by atoms with Gasteiger partial charge in [-0.05, 0) is 94.6 Å². The molecule has 3 N–H and O–H groups in total. The van der Waals surface area contributed by atoms with Crippen molar-refractivity contribution < 1.29 is 63.4 Å².